The average molecular weight is 756 g/mol. The van der Waals surface area contributed by atoms with Crippen LogP contribution in [0.4, 0.5) is 0 Å². The van der Waals surface area contributed by atoms with Crippen molar-refractivity contribution in [3.8, 4) is 0 Å². The first-order valence-corrected chi connectivity index (χ1v) is 22.9. The molecule has 0 aromatic rings. The maximum atomic E-state index is 12.8. The molecule has 0 aromatic heterocycles. The van der Waals surface area contributed by atoms with Crippen molar-refractivity contribution in [2.75, 3.05) is 40.9 Å². The van der Waals surface area contributed by atoms with Crippen LogP contribution >= 0.6 is 7.82 Å². The molecule has 1 amide bonds. The number of nitrogens with one attached hydrogen (secondary N) is 1. The van der Waals surface area contributed by atoms with Crippen LogP contribution in [0.3, 0.4) is 0 Å². The summed E-state index contributed by atoms with van der Waals surface area (Å²) < 4.78 is 23.4. The van der Waals surface area contributed by atoms with Gasteiger partial charge in [0, 0.05) is 6.42 Å². The smallest absolute Gasteiger partial charge is 0.387 e. The Labute approximate surface area is 321 Å². The molecule has 0 aromatic carbocycles. The van der Waals surface area contributed by atoms with E-state index >= 15 is 0 Å². The van der Waals surface area contributed by atoms with Gasteiger partial charge in [0.15, 0.2) is 0 Å². The summed E-state index contributed by atoms with van der Waals surface area (Å²) in [6.45, 7) is 4.73. The lowest BCUT2D eigenvalue weighted by molar-refractivity contribution is -0.870. The molecule has 0 rings (SSSR count). The standard InChI is InChI=1S/C43H83N2O6P/c1-6-8-10-12-14-16-17-18-19-20-21-22-23-24-25-26-27-29-31-33-35-37-43(47)44-41(40-51-52(48,49)50-39-38-45(3,4)5)42(46)36-34-32-30-28-15-13-11-9-7-2/h15,20-21,28,34,36,41-42,46H,6-14,16-19,22-27,29-33,35,37-40H2,1-5H3,(H-,44,47,48,49)/p+1/b21-20-,28-15+,36-34+. The van der Waals surface area contributed by atoms with Gasteiger partial charge in [-0.05, 0) is 57.8 Å². The highest BCUT2D eigenvalue weighted by atomic mass is 31.2. The minimum absolute atomic E-state index is 0.0554. The van der Waals surface area contributed by atoms with E-state index in [-0.39, 0.29) is 19.1 Å². The van der Waals surface area contributed by atoms with Crippen LogP contribution in [-0.4, -0.2) is 73.4 Å². The summed E-state index contributed by atoms with van der Waals surface area (Å²) in [5.74, 6) is -0.193. The molecule has 0 saturated heterocycles. The number of allylic oxidation sites excluding steroid dienone is 5. The number of aliphatic hydroxyl groups excluding tert-OH is 1. The number of phosphoric acid groups is 1. The van der Waals surface area contributed by atoms with E-state index in [4.69, 9.17) is 9.05 Å². The minimum Gasteiger partial charge on any atom is -0.387 e. The topological polar surface area (TPSA) is 105 Å². The van der Waals surface area contributed by atoms with Crippen molar-refractivity contribution in [3.05, 3.63) is 36.5 Å². The Morgan fingerprint density at radius 1 is 0.635 bits per heavy atom. The highest BCUT2D eigenvalue weighted by Crippen LogP contribution is 2.43. The number of carbonyl (C=O) groups excluding carboxylic acids is 1. The normalized spacial score (nSPS) is 14.8. The van der Waals surface area contributed by atoms with Gasteiger partial charge in [0.2, 0.25) is 5.91 Å². The Morgan fingerprint density at radius 3 is 1.58 bits per heavy atom. The zero-order valence-corrected chi connectivity index (χ0v) is 35.4. The zero-order chi connectivity index (χ0) is 38.6. The molecule has 0 bridgehead atoms. The number of nitrogens with zero attached hydrogens (tertiary/aromatic N) is 1. The second kappa shape index (κ2) is 35.4. The van der Waals surface area contributed by atoms with Crippen molar-refractivity contribution in [2.24, 2.45) is 0 Å². The first-order valence-electron chi connectivity index (χ1n) is 21.4. The third-order valence-corrected chi connectivity index (χ3v) is 10.3. The Balaban J connectivity index is 4.30. The molecular weight excluding hydrogens is 671 g/mol. The molecule has 8 nitrogen and oxygen atoms in total. The Morgan fingerprint density at radius 2 is 1.06 bits per heavy atom. The fourth-order valence-corrected chi connectivity index (χ4v) is 6.61. The van der Waals surface area contributed by atoms with Crippen LogP contribution in [0.1, 0.15) is 181 Å². The lowest BCUT2D eigenvalue weighted by atomic mass is 10.0. The molecule has 306 valence electrons. The summed E-state index contributed by atoms with van der Waals surface area (Å²) in [5.41, 5.74) is 0. The molecule has 0 spiro atoms. The number of carbonyl (C=O) groups is 1. The summed E-state index contributed by atoms with van der Waals surface area (Å²) in [6, 6.07) is -0.860. The van der Waals surface area contributed by atoms with Gasteiger partial charge >= 0.3 is 7.82 Å². The highest BCUT2D eigenvalue weighted by Gasteiger charge is 2.27. The average Bonchev–Trinajstić information content (AvgIpc) is 3.09. The fraction of sp³-hybridized carbons (Fsp3) is 0.837. The number of rotatable bonds is 38. The summed E-state index contributed by atoms with van der Waals surface area (Å²) in [4.78, 5) is 23.0. The number of hydrogen-bond acceptors (Lipinski definition) is 5. The van der Waals surface area contributed by atoms with Gasteiger partial charge in [-0.15, -0.1) is 0 Å². The van der Waals surface area contributed by atoms with Crippen LogP contribution in [-0.2, 0) is 18.4 Å². The largest absolute Gasteiger partial charge is 0.472 e. The Kier molecular flexibility index (Phi) is 34.6. The highest BCUT2D eigenvalue weighted by molar-refractivity contribution is 7.47. The van der Waals surface area contributed by atoms with Crippen LogP contribution in [0.2, 0.25) is 0 Å². The molecule has 0 aliphatic heterocycles. The predicted molar refractivity (Wildman–Crippen MR) is 221 cm³/mol. The van der Waals surface area contributed by atoms with Crippen LogP contribution in [0.5, 0.6) is 0 Å². The number of hydrogen-bond donors (Lipinski definition) is 3. The van der Waals surface area contributed by atoms with E-state index < -0.39 is 20.0 Å². The van der Waals surface area contributed by atoms with Gasteiger partial charge in [0.05, 0.1) is 39.9 Å². The molecular formula is C43H84N2O6P+. The molecule has 52 heavy (non-hydrogen) atoms. The lowest BCUT2D eigenvalue weighted by Gasteiger charge is -2.25. The number of likely N-dealkylation sites (N-methyl/N-ethyl adjacent to an activating group) is 1. The SMILES string of the molecule is CCCCC/C=C/CC/C=C/C(O)C(COP(=O)(O)OCC[N+](C)(C)C)NC(=O)CCCCCCCCCCC/C=C\CCCCCCCCCC. The number of phosphoric ester groups is 1. The molecule has 3 N–H and O–H groups in total. The maximum Gasteiger partial charge on any atom is 0.472 e. The monoisotopic (exact) mass is 756 g/mol. The third-order valence-electron chi connectivity index (χ3n) is 9.33. The van der Waals surface area contributed by atoms with Crippen LogP contribution in [0.15, 0.2) is 36.5 Å². The minimum atomic E-state index is -4.34. The van der Waals surface area contributed by atoms with Gasteiger partial charge in [-0.1, -0.05) is 153 Å². The van der Waals surface area contributed by atoms with Gasteiger partial charge < -0.3 is 19.8 Å². The van der Waals surface area contributed by atoms with Crippen LogP contribution in [0.25, 0.3) is 0 Å². The zero-order valence-electron chi connectivity index (χ0n) is 34.5. The molecule has 0 radical (unpaired) electrons. The fourth-order valence-electron chi connectivity index (χ4n) is 5.87. The number of quaternary nitrogens is 1. The molecule has 9 heteroatoms. The van der Waals surface area contributed by atoms with Gasteiger partial charge in [0.1, 0.15) is 13.2 Å². The first-order chi connectivity index (χ1) is 25.0. The Bertz CT molecular complexity index is 948. The number of amides is 1. The Hall–Kier alpha value is -1.28. The van der Waals surface area contributed by atoms with Crippen molar-refractivity contribution in [1.29, 1.82) is 0 Å². The molecule has 0 aliphatic carbocycles. The van der Waals surface area contributed by atoms with Gasteiger partial charge in [-0.25, -0.2) is 4.57 Å². The quantitative estimate of drug-likeness (QED) is 0.0251. The number of aliphatic hydroxyl groups is 1. The summed E-state index contributed by atoms with van der Waals surface area (Å²) >= 11 is 0. The van der Waals surface area contributed by atoms with Crippen molar-refractivity contribution in [1.82, 2.24) is 5.32 Å². The van der Waals surface area contributed by atoms with Crippen LogP contribution < -0.4 is 5.32 Å². The summed E-state index contributed by atoms with van der Waals surface area (Å²) in [5, 5.41) is 13.7. The molecule has 0 heterocycles. The van der Waals surface area contributed by atoms with E-state index in [0.29, 0.717) is 17.4 Å². The van der Waals surface area contributed by atoms with Gasteiger partial charge in [-0.2, -0.15) is 0 Å². The molecule has 3 unspecified atom stereocenters. The molecule has 3 atom stereocenters. The van der Waals surface area contributed by atoms with Gasteiger partial charge in [-0.3, -0.25) is 13.8 Å². The predicted octanol–water partition coefficient (Wildman–Crippen LogP) is 11.5. The van der Waals surface area contributed by atoms with E-state index in [0.717, 1.165) is 38.5 Å². The molecule has 0 aliphatic rings. The first kappa shape index (κ1) is 50.7. The van der Waals surface area contributed by atoms with Crippen LogP contribution in [0, 0.1) is 0 Å². The van der Waals surface area contributed by atoms with E-state index in [2.05, 4.69) is 43.5 Å². The molecule has 0 saturated carbocycles. The maximum absolute atomic E-state index is 12.8. The van der Waals surface area contributed by atoms with Gasteiger partial charge in [0.25, 0.3) is 0 Å². The van der Waals surface area contributed by atoms with E-state index in [1.807, 2.05) is 27.2 Å². The van der Waals surface area contributed by atoms with E-state index in [9.17, 15) is 19.4 Å². The third kappa shape index (κ3) is 37.1. The van der Waals surface area contributed by atoms with E-state index in [1.54, 1.807) is 6.08 Å². The summed E-state index contributed by atoms with van der Waals surface area (Å²) in [6.07, 6.45) is 42.3. The van der Waals surface area contributed by atoms with Crippen molar-refractivity contribution < 1.29 is 32.9 Å². The molecule has 0 fully saturated rings. The lowest BCUT2D eigenvalue weighted by Crippen LogP contribution is -2.45. The van der Waals surface area contributed by atoms with E-state index in [1.165, 1.54) is 122 Å². The second-order valence-corrected chi connectivity index (χ2v) is 17.2. The summed E-state index contributed by atoms with van der Waals surface area (Å²) in [7, 11) is 1.55. The van der Waals surface area contributed by atoms with Crippen molar-refractivity contribution in [2.45, 2.75) is 193 Å². The number of unbranched alkanes of at least 4 members (excludes halogenated alkanes) is 21. The van der Waals surface area contributed by atoms with Crippen molar-refractivity contribution >= 4 is 13.7 Å². The second-order valence-electron chi connectivity index (χ2n) is 15.7. The van der Waals surface area contributed by atoms with Crippen molar-refractivity contribution in [3.63, 3.8) is 0 Å².